The van der Waals surface area contributed by atoms with Gasteiger partial charge in [0.05, 0.1) is 4.88 Å². The minimum atomic E-state index is -0.0325. The molecule has 4 rings (SSSR count). The number of carbonyl (C=O) groups excluding carboxylic acids is 1. The van der Waals surface area contributed by atoms with Crippen LogP contribution in [0.15, 0.2) is 40.2 Å². The van der Waals surface area contributed by atoms with E-state index >= 15 is 0 Å². The predicted molar refractivity (Wildman–Crippen MR) is 93.2 cm³/mol. The summed E-state index contributed by atoms with van der Waals surface area (Å²) >= 11 is 1.56. The third-order valence-electron chi connectivity index (χ3n) is 4.53. The first-order valence-electron chi connectivity index (χ1n) is 7.87. The highest BCUT2D eigenvalue weighted by Gasteiger charge is 2.35. The smallest absolute Gasteiger partial charge is 0.267 e. The Balaban J connectivity index is 1.59. The summed E-state index contributed by atoms with van der Waals surface area (Å²) in [6, 6.07) is 9.94. The van der Waals surface area contributed by atoms with E-state index in [1.807, 2.05) is 34.5 Å². The number of nitrogens with zero attached hydrogens (tertiary/aromatic N) is 3. The maximum atomic E-state index is 12.5. The Morgan fingerprint density at radius 1 is 1.25 bits per heavy atom. The quantitative estimate of drug-likeness (QED) is 0.725. The Hall–Kier alpha value is -2.47. The molecule has 1 atom stereocenters. The number of aromatic nitrogens is 2. The summed E-state index contributed by atoms with van der Waals surface area (Å²) < 4.78 is 5.36. The summed E-state index contributed by atoms with van der Waals surface area (Å²) in [5.41, 5.74) is 3.30. The van der Waals surface area contributed by atoms with Gasteiger partial charge in [0.15, 0.2) is 5.82 Å². The molecule has 1 amide bonds. The van der Waals surface area contributed by atoms with Crippen LogP contribution in [-0.4, -0.2) is 22.6 Å². The van der Waals surface area contributed by atoms with Crippen molar-refractivity contribution in [3.63, 3.8) is 0 Å². The van der Waals surface area contributed by atoms with Gasteiger partial charge >= 0.3 is 0 Å². The second kappa shape index (κ2) is 5.87. The van der Waals surface area contributed by atoms with Gasteiger partial charge in [-0.15, -0.1) is 11.3 Å². The number of rotatable bonds is 3. The van der Waals surface area contributed by atoms with E-state index in [0.717, 1.165) is 16.1 Å². The van der Waals surface area contributed by atoms with E-state index in [9.17, 15) is 4.79 Å². The molecule has 5 nitrogen and oxygen atoms in total. The zero-order valence-electron chi connectivity index (χ0n) is 13.5. The zero-order chi connectivity index (χ0) is 16.7. The average Bonchev–Trinajstić information content (AvgIpc) is 3.29. The number of amides is 1. The number of hydrogen-bond acceptors (Lipinski definition) is 5. The van der Waals surface area contributed by atoms with Gasteiger partial charge in [0.25, 0.3) is 5.89 Å². The van der Waals surface area contributed by atoms with Crippen LogP contribution in [0.5, 0.6) is 0 Å². The SMILES string of the molecule is Cc1cccc(N2CC(c3noc(-c4cccs4)n3)CC2=O)c1C. The molecular formula is C18H17N3O2S. The maximum absolute atomic E-state index is 12.5. The first-order chi connectivity index (χ1) is 11.6. The molecule has 0 bridgehead atoms. The molecule has 0 spiro atoms. The van der Waals surface area contributed by atoms with Crippen LogP contribution >= 0.6 is 11.3 Å². The van der Waals surface area contributed by atoms with E-state index in [1.54, 1.807) is 11.3 Å². The van der Waals surface area contributed by atoms with Crippen LogP contribution in [0.4, 0.5) is 5.69 Å². The lowest BCUT2D eigenvalue weighted by Crippen LogP contribution is -2.25. The largest absolute Gasteiger partial charge is 0.333 e. The van der Waals surface area contributed by atoms with Crippen LogP contribution in [0.3, 0.4) is 0 Å². The lowest BCUT2D eigenvalue weighted by molar-refractivity contribution is -0.117. The Bertz CT molecular complexity index is 886. The molecule has 0 radical (unpaired) electrons. The normalized spacial score (nSPS) is 17.7. The fourth-order valence-electron chi connectivity index (χ4n) is 3.04. The Labute approximate surface area is 143 Å². The molecule has 1 aliphatic heterocycles. The molecule has 122 valence electrons. The van der Waals surface area contributed by atoms with Gasteiger partial charge in [0.2, 0.25) is 5.91 Å². The summed E-state index contributed by atoms with van der Waals surface area (Å²) in [6.45, 7) is 4.70. The standard InChI is InChI=1S/C18H17N3O2S/c1-11-5-3-6-14(12(11)2)21-10-13(9-16(21)22)17-19-18(23-20-17)15-7-4-8-24-15/h3-8,13H,9-10H2,1-2H3. The third-order valence-corrected chi connectivity index (χ3v) is 5.39. The molecule has 6 heteroatoms. The van der Waals surface area contributed by atoms with Gasteiger partial charge in [-0.05, 0) is 42.5 Å². The van der Waals surface area contributed by atoms with Gasteiger partial charge in [-0.25, -0.2) is 0 Å². The zero-order valence-corrected chi connectivity index (χ0v) is 14.3. The molecule has 1 unspecified atom stereocenters. The molecule has 0 aliphatic carbocycles. The Morgan fingerprint density at radius 3 is 2.92 bits per heavy atom. The van der Waals surface area contributed by atoms with Crippen LogP contribution in [-0.2, 0) is 4.79 Å². The van der Waals surface area contributed by atoms with E-state index in [1.165, 1.54) is 5.56 Å². The van der Waals surface area contributed by atoms with Crippen molar-refractivity contribution in [1.29, 1.82) is 0 Å². The van der Waals surface area contributed by atoms with E-state index < -0.39 is 0 Å². The molecule has 3 heterocycles. The van der Waals surface area contributed by atoms with Crippen molar-refractivity contribution in [2.24, 2.45) is 0 Å². The van der Waals surface area contributed by atoms with Crippen molar-refractivity contribution >= 4 is 22.9 Å². The van der Waals surface area contributed by atoms with Crippen LogP contribution < -0.4 is 4.90 Å². The molecule has 1 fully saturated rings. The van der Waals surface area contributed by atoms with Gasteiger partial charge in [0.1, 0.15) is 0 Å². The lowest BCUT2D eigenvalue weighted by Gasteiger charge is -2.19. The van der Waals surface area contributed by atoms with E-state index in [-0.39, 0.29) is 11.8 Å². The minimum absolute atomic E-state index is 0.0325. The predicted octanol–water partition coefficient (Wildman–Crippen LogP) is 3.94. The Morgan fingerprint density at radius 2 is 2.12 bits per heavy atom. The molecule has 0 N–H and O–H groups in total. The molecule has 3 aromatic rings. The molecule has 1 saturated heterocycles. The molecule has 24 heavy (non-hydrogen) atoms. The van der Waals surface area contributed by atoms with Crippen molar-refractivity contribution in [1.82, 2.24) is 10.1 Å². The topological polar surface area (TPSA) is 59.2 Å². The maximum Gasteiger partial charge on any atom is 0.267 e. The highest BCUT2D eigenvalue weighted by molar-refractivity contribution is 7.13. The van der Waals surface area contributed by atoms with Gasteiger partial charge in [-0.1, -0.05) is 23.4 Å². The summed E-state index contributed by atoms with van der Waals surface area (Å²) in [5.74, 6) is 1.21. The van der Waals surface area contributed by atoms with Crippen molar-refractivity contribution < 1.29 is 9.32 Å². The highest BCUT2D eigenvalue weighted by atomic mass is 32.1. The highest BCUT2D eigenvalue weighted by Crippen LogP contribution is 2.34. The van der Waals surface area contributed by atoms with Crippen molar-refractivity contribution in [2.75, 3.05) is 11.4 Å². The molecular weight excluding hydrogens is 322 g/mol. The van der Waals surface area contributed by atoms with Crippen molar-refractivity contribution in [2.45, 2.75) is 26.2 Å². The second-order valence-corrected chi connectivity index (χ2v) is 7.01. The number of carbonyl (C=O) groups is 1. The first-order valence-corrected chi connectivity index (χ1v) is 8.75. The van der Waals surface area contributed by atoms with Crippen molar-refractivity contribution in [3.8, 4) is 10.8 Å². The number of benzene rings is 1. The fourth-order valence-corrected chi connectivity index (χ4v) is 3.69. The number of anilines is 1. The van der Waals surface area contributed by atoms with E-state index in [4.69, 9.17) is 4.52 Å². The Kier molecular flexibility index (Phi) is 3.69. The third kappa shape index (κ3) is 2.53. The molecule has 2 aromatic heterocycles. The summed E-state index contributed by atoms with van der Waals surface area (Å²) in [4.78, 5) is 19.8. The minimum Gasteiger partial charge on any atom is -0.333 e. The second-order valence-electron chi connectivity index (χ2n) is 6.06. The van der Waals surface area contributed by atoms with Crippen LogP contribution in [0, 0.1) is 13.8 Å². The molecule has 1 aliphatic rings. The van der Waals surface area contributed by atoms with Gasteiger partial charge in [0, 0.05) is 24.6 Å². The van der Waals surface area contributed by atoms with Gasteiger partial charge in [-0.3, -0.25) is 4.79 Å². The summed E-state index contributed by atoms with van der Waals surface area (Å²) in [7, 11) is 0. The monoisotopic (exact) mass is 339 g/mol. The van der Waals surface area contributed by atoms with E-state index in [0.29, 0.717) is 24.7 Å². The van der Waals surface area contributed by atoms with Crippen LogP contribution in [0.2, 0.25) is 0 Å². The molecule has 1 aromatic carbocycles. The van der Waals surface area contributed by atoms with Gasteiger partial charge < -0.3 is 9.42 Å². The first kappa shape index (κ1) is 15.1. The molecule has 0 saturated carbocycles. The fraction of sp³-hybridized carbons (Fsp3) is 0.278. The van der Waals surface area contributed by atoms with Crippen LogP contribution in [0.1, 0.15) is 29.3 Å². The number of thiophene rings is 1. The summed E-state index contributed by atoms with van der Waals surface area (Å²) in [5, 5.41) is 6.07. The van der Waals surface area contributed by atoms with E-state index in [2.05, 4.69) is 30.1 Å². The lowest BCUT2D eigenvalue weighted by atomic mass is 10.1. The van der Waals surface area contributed by atoms with Gasteiger partial charge in [-0.2, -0.15) is 4.98 Å². The number of hydrogen-bond donors (Lipinski definition) is 0. The van der Waals surface area contributed by atoms with Crippen molar-refractivity contribution in [3.05, 3.63) is 52.7 Å². The average molecular weight is 339 g/mol. The summed E-state index contributed by atoms with van der Waals surface area (Å²) in [6.07, 6.45) is 0.413. The number of aryl methyl sites for hydroxylation is 1. The van der Waals surface area contributed by atoms with Crippen LogP contribution in [0.25, 0.3) is 10.8 Å².